The first-order valence-corrected chi connectivity index (χ1v) is 7.25. The van der Waals surface area contributed by atoms with Crippen molar-refractivity contribution >= 4 is 27.8 Å². The molecule has 0 saturated heterocycles. The Morgan fingerprint density at radius 3 is 3.00 bits per heavy atom. The van der Waals surface area contributed by atoms with Gasteiger partial charge < -0.3 is 10.4 Å². The van der Waals surface area contributed by atoms with Crippen molar-refractivity contribution in [1.29, 1.82) is 0 Å². The summed E-state index contributed by atoms with van der Waals surface area (Å²) in [7, 11) is 0. The molecule has 2 N–H and O–H groups in total. The number of anilines is 1. The van der Waals surface area contributed by atoms with E-state index in [9.17, 15) is 0 Å². The van der Waals surface area contributed by atoms with Crippen LogP contribution < -0.4 is 5.32 Å². The molecule has 4 rings (SSSR count). The van der Waals surface area contributed by atoms with Gasteiger partial charge in [-0.2, -0.15) is 5.10 Å². The van der Waals surface area contributed by atoms with E-state index in [1.54, 1.807) is 17.1 Å². The molecule has 0 aliphatic heterocycles. The number of benzene rings is 1. The van der Waals surface area contributed by atoms with Crippen LogP contribution in [0.15, 0.2) is 49.1 Å². The van der Waals surface area contributed by atoms with Gasteiger partial charge in [0, 0.05) is 23.5 Å². The molecule has 0 amide bonds. The lowest BCUT2D eigenvalue weighted by molar-refractivity contribution is 0.311. The van der Waals surface area contributed by atoms with E-state index in [2.05, 4.69) is 25.4 Å². The predicted octanol–water partition coefficient (Wildman–Crippen LogP) is 1.77. The lowest BCUT2D eigenvalue weighted by Gasteiger charge is -2.09. The van der Waals surface area contributed by atoms with Crippen molar-refractivity contribution in [2.24, 2.45) is 0 Å². The van der Waals surface area contributed by atoms with E-state index >= 15 is 0 Å². The molecular weight excluding hydrogens is 292 g/mol. The summed E-state index contributed by atoms with van der Waals surface area (Å²) in [6.07, 6.45) is 5.05. The third-order valence-electron chi connectivity index (χ3n) is 3.60. The smallest absolute Gasteiger partial charge is 0.162 e. The van der Waals surface area contributed by atoms with Crippen molar-refractivity contribution in [3.8, 4) is 5.69 Å². The Morgan fingerprint density at radius 2 is 2.09 bits per heavy atom. The van der Waals surface area contributed by atoms with Crippen LogP contribution >= 0.6 is 0 Å². The largest absolute Gasteiger partial charge is 0.395 e. The monoisotopic (exact) mass is 306 g/mol. The number of rotatable bonds is 4. The molecule has 0 unspecified atom stereocenters. The highest BCUT2D eigenvalue weighted by molar-refractivity contribution is 5.90. The maximum atomic E-state index is 8.99. The maximum absolute atomic E-state index is 8.99. The van der Waals surface area contributed by atoms with Crippen LogP contribution in [-0.4, -0.2) is 43.0 Å². The van der Waals surface area contributed by atoms with Crippen molar-refractivity contribution in [3.05, 3.63) is 49.1 Å². The standard InChI is InChI=1S/C16H14N6O/c23-7-6-17-15-13-8-12(3-4-14(13)19-10-20-15)22-16-11(9-21-22)2-1-5-18-16/h1-5,8-10,23H,6-7H2,(H,17,19,20). The fourth-order valence-corrected chi connectivity index (χ4v) is 2.54. The Morgan fingerprint density at radius 1 is 1.13 bits per heavy atom. The Kier molecular flexibility index (Phi) is 3.32. The topological polar surface area (TPSA) is 88.8 Å². The average Bonchev–Trinajstić information content (AvgIpc) is 3.03. The van der Waals surface area contributed by atoms with Crippen LogP contribution in [0, 0.1) is 0 Å². The molecule has 1 aromatic carbocycles. The molecule has 114 valence electrons. The zero-order chi connectivity index (χ0) is 15.6. The minimum absolute atomic E-state index is 0.0406. The number of aromatic nitrogens is 5. The quantitative estimate of drug-likeness (QED) is 0.597. The summed E-state index contributed by atoms with van der Waals surface area (Å²) in [6.45, 7) is 0.474. The van der Waals surface area contributed by atoms with Crippen molar-refractivity contribution in [2.45, 2.75) is 0 Å². The molecule has 7 heteroatoms. The second-order valence-electron chi connectivity index (χ2n) is 5.05. The second kappa shape index (κ2) is 5.62. The third kappa shape index (κ3) is 2.36. The molecule has 0 fully saturated rings. The van der Waals surface area contributed by atoms with E-state index in [1.165, 1.54) is 6.33 Å². The first kappa shape index (κ1) is 13.6. The van der Waals surface area contributed by atoms with Gasteiger partial charge in [0.1, 0.15) is 12.1 Å². The van der Waals surface area contributed by atoms with E-state index in [0.717, 1.165) is 27.6 Å². The van der Waals surface area contributed by atoms with Crippen molar-refractivity contribution in [1.82, 2.24) is 24.7 Å². The van der Waals surface area contributed by atoms with Crippen LogP contribution in [-0.2, 0) is 0 Å². The summed E-state index contributed by atoms with van der Waals surface area (Å²) >= 11 is 0. The molecule has 0 spiro atoms. The predicted molar refractivity (Wildman–Crippen MR) is 87.5 cm³/mol. The summed E-state index contributed by atoms with van der Waals surface area (Å²) < 4.78 is 1.79. The van der Waals surface area contributed by atoms with Crippen LogP contribution in [0.5, 0.6) is 0 Å². The van der Waals surface area contributed by atoms with Gasteiger partial charge in [0.05, 0.1) is 24.0 Å². The molecule has 0 atom stereocenters. The Balaban J connectivity index is 1.88. The zero-order valence-corrected chi connectivity index (χ0v) is 12.2. The molecule has 0 bridgehead atoms. The number of nitrogens with one attached hydrogen (secondary N) is 1. The number of hydrogen-bond donors (Lipinski definition) is 2. The third-order valence-corrected chi connectivity index (χ3v) is 3.60. The van der Waals surface area contributed by atoms with Gasteiger partial charge >= 0.3 is 0 Å². The van der Waals surface area contributed by atoms with Gasteiger partial charge in [-0.3, -0.25) is 0 Å². The minimum Gasteiger partial charge on any atom is -0.395 e. The van der Waals surface area contributed by atoms with E-state index < -0.39 is 0 Å². The van der Waals surface area contributed by atoms with Gasteiger partial charge in [-0.15, -0.1) is 0 Å². The summed E-state index contributed by atoms with van der Waals surface area (Å²) in [5.74, 6) is 0.690. The molecule has 0 radical (unpaired) electrons. The van der Waals surface area contributed by atoms with Crippen LogP contribution in [0.1, 0.15) is 0 Å². The molecule has 0 aliphatic rings. The fraction of sp³-hybridized carbons (Fsp3) is 0.125. The highest BCUT2D eigenvalue weighted by Crippen LogP contribution is 2.24. The SMILES string of the molecule is OCCNc1ncnc2ccc(-n3ncc4cccnc43)cc12. The average molecular weight is 306 g/mol. The molecule has 7 nitrogen and oxygen atoms in total. The van der Waals surface area contributed by atoms with Gasteiger partial charge in [-0.05, 0) is 30.3 Å². The van der Waals surface area contributed by atoms with Crippen LogP contribution in [0.4, 0.5) is 5.82 Å². The van der Waals surface area contributed by atoms with E-state index in [1.807, 2.05) is 30.3 Å². The van der Waals surface area contributed by atoms with Gasteiger partial charge in [-0.1, -0.05) is 0 Å². The van der Waals surface area contributed by atoms with Crippen molar-refractivity contribution < 1.29 is 5.11 Å². The number of hydrogen-bond acceptors (Lipinski definition) is 6. The highest BCUT2D eigenvalue weighted by atomic mass is 16.3. The minimum atomic E-state index is 0.0406. The normalized spacial score (nSPS) is 11.2. The van der Waals surface area contributed by atoms with Gasteiger partial charge in [0.2, 0.25) is 0 Å². The number of fused-ring (bicyclic) bond motifs is 2. The van der Waals surface area contributed by atoms with Crippen molar-refractivity contribution in [2.75, 3.05) is 18.5 Å². The Bertz CT molecular complexity index is 981. The molecule has 3 aromatic heterocycles. The first-order chi connectivity index (χ1) is 11.4. The fourth-order valence-electron chi connectivity index (χ4n) is 2.54. The number of aliphatic hydroxyl groups excluding tert-OH is 1. The van der Waals surface area contributed by atoms with Crippen LogP contribution in [0.3, 0.4) is 0 Å². The van der Waals surface area contributed by atoms with E-state index in [4.69, 9.17) is 5.11 Å². The molecule has 23 heavy (non-hydrogen) atoms. The van der Waals surface area contributed by atoms with E-state index in [-0.39, 0.29) is 6.61 Å². The van der Waals surface area contributed by atoms with Crippen LogP contribution in [0.25, 0.3) is 27.6 Å². The van der Waals surface area contributed by atoms with Gasteiger partial charge in [0.25, 0.3) is 0 Å². The number of aliphatic hydroxyl groups is 1. The molecule has 3 heterocycles. The van der Waals surface area contributed by atoms with Gasteiger partial charge in [0.15, 0.2) is 5.65 Å². The molecule has 0 aliphatic carbocycles. The molecule has 4 aromatic rings. The highest BCUT2D eigenvalue weighted by Gasteiger charge is 2.09. The summed E-state index contributed by atoms with van der Waals surface area (Å²) in [4.78, 5) is 12.9. The maximum Gasteiger partial charge on any atom is 0.162 e. The lowest BCUT2D eigenvalue weighted by atomic mass is 10.2. The summed E-state index contributed by atoms with van der Waals surface area (Å²) in [6, 6.07) is 9.71. The molecule has 0 saturated carbocycles. The van der Waals surface area contributed by atoms with Gasteiger partial charge in [-0.25, -0.2) is 19.6 Å². The summed E-state index contributed by atoms with van der Waals surface area (Å²) in [5, 5.41) is 18.4. The summed E-state index contributed by atoms with van der Waals surface area (Å²) in [5.41, 5.74) is 2.51. The first-order valence-electron chi connectivity index (χ1n) is 7.25. The Labute approximate surface area is 131 Å². The number of nitrogens with zero attached hydrogens (tertiary/aromatic N) is 5. The Hall–Kier alpha value is -3.06. The zero-order valence-electron chi connectivity index (χ0n) is 12.2. The second-order valence-corrected chi connectivity index (χ2v) is 5.05. The lowest BCUT2D eigenvalue weighted by Crippen LogP contribution is -2.08. The van der Waals surface area contributed by atoms with Crippen LogP contribution in [0.2, 0.25) is 0 Å². The number of pyridine rings is 1. The van der Waals surface area contributed by atoms with E-state index in [0.29, 0.717) is 12.4 Å². The van der Waals surface area contributed by atoms with Crippen molar-refractivity contribution in [3.63, 3.8) is 0 Å². The molecular formula is C16H14N6O.